The number of aromatic nitrogens is 2. The van der Waals surface area contributed by atoms with Gasteiger partial charge < -0.3 is 10.6 Å². The van der Waals surface area contributed by atoms with E-state index < -0.39 is 21.1 Å². The summed E-state index contributed by atoms with van der Waals surface area (Å²) in [6.45, 7) is 9.66. The van der Waals surface area contributed by atoms with Gasteiger partial charge in [0.1, 0.15) is 5.82 Å². The van der Waals surface area contributed by atoms with Crippen LogP contribution in [0, 0.1) is 12.8 Å². The molecule has 1 aliphatic heterocycles. The number of amides is 2. The van der Waals surface area contributed by atoms with Crippen molar-refractivity contribution in [1.29, 1.82) is 0 Å². The number of piperidine rings is 1. The Bertz CT molecular complexity index is 1760. The van der Waals surface area contributed by atoms with E-state index >= 15 is 0 Å². The number of benzene rings is 3. The highest BCUT2D eigenvalue weighted by molar-refractivity contribution is 7.91. The lowest BCUT2D eigenvalue weighted by molar-refractivity contribution is 0.262. The zero-order valence-electron chi connectivity index (χ0n) is 25.2. The molecule has 4 aromatic rings. The van der Waals surface area contributed by atoms with Gasteiger partial charge in [0.2, 0.25) is 0 Å². The minimum atomic E-state index is -3.85. The van der Waals surface area contributed by atoms with Crippen LogP contribution in [-0.4, -0.2) is 37.3 Å². The van der Waals surface area contributed by atoms with Gasteiger partial charge in [0.25, 0.3) is 0 Å². The normalized spacial score (nSPS) is 15.1. The Morgan fingerprint density at radius 3 is 2.32 bits per heavy atom. The van der Waals surface area contributed by atoms with Crippen LogP contribution in [0.3, 0.4) is 0 Å². The van der Waals surface area contributed by atoms with Crippen LogP contribution in [0.5, 0.6) is 0 Å². The minimum Gasteiger partial charge on any atom is -0.317 e. The van der Waals surface area contributed by atoms with E-state index in [1.807, 2.05) is 37.3 Å². The molecular weight excluding hydrogens is 617 g/mol. The van der Waals surface area contributed by atoms with Crippen molar-refractivity contribution in [1.82, 2.24) is 15.1 Å². The van der Waals surface area contributed by atoms with Crippen molar-refractivity contribution in [2.24, 2.45) is 5.92 Å². The van der Waals surface area contributed by atoms with Gasteiger partial charge in [-0.25, -0.2) is 17.9 Å². The molecule has 11 heteroatoms. The van der Waals surface area contributed by atoms with Crippen LogP contribution in [0.15, 0.2) is 77.7 Å². The van der Waals surface area contributed by atoms with E-state index in [0.717, 1.165) is 30.0 Å². The van der Waals surface area contributed by atoms with Gasteiger partial charge in [-0.3, -0.25) is 5.32 Å². The van der Waals surface area contributed by atoms with Crippen LogP contribution in [0.4, 0.5) is 16.3 Å². The van der Waals surface area contributed by atoms with E-state index in [-0.39, 0.29) is 21.3 Å². The number of nitrogens with zero attached hydrogens (tertiary/aromatic N) is 2. The fourth-order valence-corrected chi connectivity index (χ4v) is 7.92. The van der Waals surface area contributed by atoms with Crippen LogP contribution >= 0.6 is 23.2 Å². The first kappa shape index (κ1) is 32.0. The van der Waals surface area contributed by atoms with E-state index in [9.17, 15) is 13.2 Å². The van der Waals surface area contributed by atoms with Gasteiger partial charge in [-0.2, -0.15) is 5.10 Å². The zero-order chi connectivity index (χ0) is 31.6. The molecule has 2 amide bonds. The van der Waals surface area contributed by atoms with Crippen molar-refractivity contribution < 1.29 is 13.2 Å². The van der Waals surface area contributed by atoms with E-state index in [4.69, 9.17) is 28.3 Å². The average Bonchev–Trinajstić information content (AvgIpc) is 3.40. The summed E-state index contributed by atoms with van der Waals surface area (Å²) in [5.74, 6) is 0.390. The lowest BCUT2D eigenvalue weighted by atomic mass is 9.90. The van der Waals surface area contributed by atoms with Crippen LogP contribution in [0.25, 0.3) is 5.69 Å². The Morgan fingerprint density at radius 2 is 1.66 bits per heavy atom. The van der Waals surface area contributed by atoms with E-state index in [1.165, 1.54) is 18.2 Å². The molecule has 0 radical (unpaired) electrons. The van der Waals surface area contributed by atoms with Crippen LogP contribution < -0.4 is 16.0 Å². The maximum absolute atomic E-state index is 14.1. The number of anilines is 2. The lowest BCUT2D eigenvalue weighted by Crippen LogP contribution is -2.33. The van der Waals surface area contributed by atoms with Gasteiger partial charge in [-0.15, -0.1) is 0 Å². The van der Waals surface area contributed by atoms with Gasteiger partial charge in [-0.1, -0.05) is 73.8 Å². The smallest absolute Gasteiger partial charge is 0.317 e. The summed E-state index contributed by atoms with van der Waals surface area (Å²) < 4.78 is 29.9. The number of halogens is 2. The standard InChI is InChI=1S/C33H37Cl2N5O3S/c1-21-8-10-25(11-9-21)40-30(20-29(39-40)33(2,3)4)38-32(41)37-24-7-5-6-23(18-24)31(22-14-16-36-17-15-22)44(42,43)26-12-13-27(34)28(35)19-26/h5-13,18-20,22,31,36H,14-17H2,1-4H3,(H2,37,38,41). The number of aryl methyl sites for hydroxylation is 1. The molecule has 1 aromatic heterocycles. The molecule has 1 fully saturated rings. The molecule has 2 heterocycles. The Labute approximate surface area is 269 Å². The Hall–Kier alpha value is -3.37. The monoisotopic (exact) mass is 653 g/mol. The van der Waals surface area contributed by atoms with E-state index in [0.29, 0.717) is 34.9 Å². The first-order valence-corrected chi connectivity index (χ1v) is 16.9. The molecule has 3 N–H and O–H groups in total. The Morgan fingerprint density at radius 1 is 0.955 bits per heavy atom. The topological polar surface area (TPSA) is 105 Å². The predicted octanol–water partition coefficient (Wildman–Crippen LogP) is 7.94. The molecule has 0 aliphatic carbocycles. The van der Waals surface area contributed by atoms with E-state index in [2.05, 4.69) is 36.7 Å². The highest BCUT2D eigenvalue weighted by Gasteiger charge is 2.37. The first-order valence-electron chi connectivity index (χ1n) is 14.6. The largest absolute Gasteiger partial charge is 0.324 e. The van der Waals surface area contributed by atoms with Crippen LogP contribution in [0.1, 0.15) is 55.7 Å². The van der Waals surface area contributed by atoms with Crippen LogP contribution in [0.2, 0.25) is 10.0 Å². The molecule has 1 saturated heterocycles. The summed E-state index contributed by atoms with van der Waals surface area (Å²) >= 11 is 12.3. The van der Waals surface area contributed by atoms with Crippen molar-refractivity contribution in [3.63, 3.8) is 0 Å². The number of sulfone groups is 1. The summed E-state index contributed by atoms with van der Waals surface area (Å²) in [6.07, 6.45) is 1.39. The molecule has 1 aliphatic rings. The third kappa shape index (κ3) is 7.12. The Balaban J connectivity index is 1.44. The molecule has 8 nitrogen and oxygen atoms in total. The predicted molar refractivity (Wildman–Crippen MR) is 178 cm³/mol. The van der Waals surface area contributed by atoms with E-state index in [1.54, 1.807) is 28.9 Å². The summed E-state index contributed by atoms with van der Waals surface area (Å²) in [5, 5.41) is 13.6. The number of carbonyl (C=O) groups is 1. The third-order valence-electron chi connectivity index (χ3n) is 7.84. The maximum atomic E-state index is 14.1. The second kappa shape index (κ2) is 12.9. The van der Waals surface area contributed by atoms with Gasteiger partial charge in [0.15, 0.2) is 9.84 Å². The number of rotatable bonds is 7. The van der Waals surface area contributed by atoms with Gasteiger partial charge >= 0.3 is 6.03 Å². The number of urea groups is 1. The molecule has 0 saturated carbocycles. The van der Waals surface area contributed by atoms with Crippen molar-refractivity contribution in [2.45, 2.75) is 56.1 Å². The number of hydrogen-bond donors (Lipinski definition) is 3. The lowest BCUT2D eigenvalue weighted by Gasteiger charge is -2.31. The molecule has 1 atom stereocenters. The second-order valence-electron chi connectivity index (χ2n) is 12.2. The number of hydrogen-bond acceptors (Lipinski definition) is 5. The molecule has 0 spiro atoms. The molecule has 1 unspecified atom stereocenters. The second-order valence-corrected chi connectivity index (χ2v) is 15.1. The summed E-state index contributed by atoms with van der Waals surface area (Å²) in [7, 11) is -3.85. The fourth-order valence-electron chi connectivity index (χ4n) is 5.44. The highest BCUT2D eigenvalue weighted by Crippen LogP contribution is 2.41. The highest BCUT2D eigenvalue weighted by atomic mass is 35.5. The zero-order valence-corrected chi connectivity index (χ0v) is 27.5. The fraction of sp³-hybridized carbons (Fsp3) is 0.333. The maximum Gasteiger partial charge on any atom is 0.324 e. The summed E-state index contributed by atoms with van der Waals surface area (Å²) in [6, 6.07) is 20.7. The molecule has 0 bridgehead atoms. The van der Waals surface area contributed by atoms with Crippen molar-refractivity contribution in [3.8, 4) is 5.69 Å². The minimum absolute atomic E-state index is 0.116. The summed E-state index contributed by atoms with van der Waals surface area (Å²) in [4.78, 5) is 13.4. The number of nitrogens with one attached hydrogen (secondary N) is 3. The van der Waals surface area contributed by atoms with Crippen LogP contribution in [-0.2, 0) is 15.3 Å². The van der Waals surface area contributed by atoms with Crippen molar-refractivity contribution in [3.05, 3.63) is 99.7 Å². The average molecular weight is 655 g/mol. The molecular formula is C33H37Cl2N5O3S. The van der Waals surface area contributed by atoms with Gasteiger partial charge in [0.05, 0.1) is 31.6 Å². The summed E-state index contributed by atoms with van der Waals surface area (Å²) in [5.41, 5.74) is 3.60. The molecule has 232 valence electrons. The van der Waals surface area contributed by atoms with Crippen molar-refractivity contribution >= 4 is 50.6 Å². The van der Waals surface area contributed by atoms with Crippen molar-refractivity contribution in [2.75, 3.05) is 23.7 Å². The SMILES string of the molecule is Cc1ccc(-n2nc(C(C)(C)C)cc2NC(=O)Nc2cccc(C(C3CCNCC3)S(=O)(=O)c3ccc(Cl)c(Cl)c3)c2)cc1. The quantitative estimate of drug-likeness (QED) is 0.188. The first-order chi connectivity index (χ1) is 20.8. The van der Waals surface area contributed by atoms with Gasteiger partial charge in [-0.05, 0) is 86.8 Å². The molecule has 5 rings (SSSR count). The third-order valence-corrected chi connectivity index (χ3v) is 10.8. The van der Waals surface area contributed by atoms with Gasteiger partial charge in [0, 0.05) is 17.2 Å². The Kier molecular flexibility index (Phi) is 9.41. The molecule has 44 heavy (non-hydrogen) atoms. The number of carbonyl (C=O) groups excluding carboxylic acids is 1. The molecule has 3 aromatic carbocycles.